The van der Waals surface area contributed by atoms with E-state index in [0.29, 0.717) is 5.91 Å². The highest BCUT2D eigenvalue weighted by molar-refractivity contribution is 8.00. The van der Waals surface area contributed by atoms with Gasteiger partial charge in [0.1, 0.15) is 0 Å². The van der Waals surface area contributed by atoms with Crippen molar-refractivity contribution in [2.45, 2.75) is 18.1 Å². The maximum Gasteiger partial charge on any atom is 0.235 e. The van der Waals surface area contributed by atoms with Crippen LogP contribution < -0.4 is 10.6 Å². The fourth-order valence-corrected chi connectivity index (χ4v) is 4.09. The first kappa shape index (κ1) is 13.6. The average Bonchev–Trinajstić information content (AvgIpc) is 3.02. The molecule has 0 aliphatic carbocycles. The standard InChI is InChI=1S/C15H21N3OS/c16-12-3-5-13(6-4-12)17-7-9-18(10-8-17)15(19)14-2-1-11-20-14/h3-6,14H,1-2,7-11,16H2. The van der Waals surface area contributed by atoms with Crippen molar-refractivity contribution in [3.8, 4) is 0 Å². The lowest BCUT2D eigenvalue weighted by Crippen LogP contribution is -2.50. The highest BCUT2D eigenvalue weighted by Gasteiger charge is 2.29. The molecule has 2 aliphatic rings. The second-order valence-electron chi connectivity index (χ2n) is 5.41. The van der Waals surface area contributed by atoms with Crippen LogP contribution in [0.25, 0.3) is 0 Å². The Balaban J connectivity index is 1.56. The molecule has 20 heavy (non-hydrogen) atoms. The predicted molar refractivity (Wildman–Crippen MR) is 85.1 cm³/mol. The van der Waals surface area contributed by atoms with Gasteiger partial charge in [-0.05, 0) is 42.9 Å². The Kier molecular flexibility index (Phi) is 4.05. The van der Waals surface area contributed by atoms with Crippen molar-refractivity contribution in [3.05, 3.63) is 24.3 Å². The fourth-order valence-electron chi connectivity index (χ4n) is 2.85. The predicted octanol–water partition coefficient (Wildman–Crippen LogP) is 1.81. The summed E-state index contributed by atoms with van der Waals surface area (Å²) in [6, 6.07) is 7.98. The Morgan fingerprint density at radius 3 is 2.45 bits per heavy atom. The van der Waals surface area contributed by atoms with Crippen molar-refractivity contribution in [1.29, 1.82) is 0 Å². The molecule has 0 radical (unpaired) electrons. The van der Waals surface area contributed by atoms with E-state index in [1.54, 1.807) is 0 Å². The number of nitrogens with zero attached hydrogens (tertiary/aromatic N) is 2. The summed E-state index contributed by atoms with van der Waals surface area (Å²) in [5.74, 6) is 1.49. The van der Waals surface area contributed by atoms with E-state index in [0.717, 1.165) is 44.0 Å². The highest BCUT2D eigenvalue weighted by Crippen LogP contribution is 2.28. The van der Waals surface area contributed by atoms with Crippen LogP contribution in [0.2, 0.25) is 0 Å². The van der Waals surface area contributed by atoms with Crippen molar-refractivity contribution in [2.75, 3.05) is 42.6 Å². The topological polar surface area (TPSA) is 49.6 Å². The molecular formula is C15H21N3OS. The van der Waals surface area contributed by atoms with Crippen LogP contribution in [-0.4, -0.2) is 48.0 Å². The van der Waals surface area contributed by atoms with Crippen LogP contribution in [0.15, 0.2) is 24.3 Å². The number of thioether (sulfide) groups is 1. The van der Waals surface area contributed by atoms with Crippen molar-refractivity contribution < 1.29 is 4.79 Å². The van der Waals surface area contributed by atoms with E-state index in [-0.39, 0.29) is 5.25 Å². The lowest BCUT2D eigenvalue weighted by molar-refractivity contribution is -0.130. The Bertz CT molecular complexity index is 463. The van der Waals surface area contributed by atoms with Crippen molar-refractivity contribution in [3.63, 3.8) is 0 Å². The van der Waals surface area contributed by atoms with Crippen LogP contribution in [-0.2, 0) is 4.79 Å². The molecule has 108 valence electrons. The molecule has 0 aromatic heterocycles. The molecule has 1 atom stereocenters. The number of carbonyl (C=O) groups excluding carboxylic acids is 1. The number of piperazine rings is 1. The van der Waals surface area contributed by atoms with Crippen molar-refractivity contribution >= 4 is 29.0 Å². The zero-order valence-electron chi connectivity index (χ0n) is 11.6. The molecule has 0 spiro atoms. The van der Waals surface area contributed by atoms with E-state index in [1.165, 1.54) is 12.1 Å². The molecule has 5 heteroatoms. The second-order valence-corrected chi connectivity index (χ2v) is 6.72. The second kappa shape index (κ2) is 5.95. The van der Waals surface area contributed by atoms with Gasteiger partial charge >= 0.3 is 0 Å². The van der Waals surface area contributed by atoms with Gasteiger partial charge in [0.2, 0.25) is 5.91 Å². The molecular weight excluding hydrogens is 270 g/mol. The minimum atomic E-state index is 0.220. The maximum atomic E-state index is 12.4. The molecule has 4 nitrogen and oxygen atoms in total. The van der Waals surface area contributed by atoms with Gasteiger partial charge in [-0.3, -0.25) is 4.79 Å². The summed E-state index contributed by atoms with van der Waals surface area (Å²) >= 11 is 1.82. The highest BCUT2D eigenvalue weighted by atomic mass is 32.2. The van der Waals surface area contributed by atoms with E-state index in [9.17, 15) is 4.79 Å². The first-order valence-corrected chi connectivity index (χ1v) is 8.30. The largest absolute Gasteiger partial charge is 0.399 e. The first-order valence-electron chi connectivity index (χ1n) is 7.25. The molecule has 2 saturated heterocycles. The van der Waals surface area contributed by atoms with Crippen LogP contribution in [0.1, 0.15) is 12.8 Å². The first-order chi connectivity index (χ1) is 9.74. The Hall–Kier alpha value is -1.36. The number of anilines is 2. The summed E-state index contributed by atoms with van der Waals surface area (Å²) < 4.78 is 0. The van der Waals surface area contributed by atoms with Crippen LogP contribution in [0, 0.1) is 0 Å². The zero-order chi connectivity index (χ0) is 13.9. The van der Waals surface area contributed by atoms with Gasteiger partial charge in [-0.1, -0.05) is 0 Å². The summed E-state index contributed by atoms with van der Waals surface area (Å²) in [5.41, 5.74) is 7.70. The normalized spacial score (nSPS) is 23.1. The quantitative estimate of drug-likeness (QED) is 0.844. The van der Waals surface area contributed by atoms with Crippen molar-refractivity contribution in [2.24, 2.45) is 0 Å². The van der Waals surface area contributed by atoms with E-state index < -0.39 is 0 Å². The third-order valence-electron chi connectivity index (χ3n) is 4.05. The van der Waals surface area contributed by atoms with Crippen LogP contribution in [0.4, 0.5) is 11.4 Å². The molecule has 2 fully saturated rings. The SMILES string of the molecule is Nc1ccc(N2CCN(C(=O)C3CCCS3)CC2)cc1. The minimum absolute atomic E-state index is 0.220. The van der Waals surface area contributed by atoms with Gasteiger partial charge in [0.05, 0.1) is 5.25 Å². The van der Waals surface area contributed by atoms with E-state index in [2.05, 4.69) is 17.0 Å². The van der Waals surface area contributed by atoms with E-state index >= 15 is 0 Å². The van der Waals surface area contributed by atoms with Gasteiger partial charge in [-0.15, -0.1) is 11.8 Å². The number of carbonyl (C=O) groups is 1. The molecule has 0 saturated carbocycles. The van der Waals surface area contributed by atoms with Crippen LogP contribution >= 0.6 is 11.8 Å². The maximum absolute atomic E-state index is 12.4. The molecule has 2 heterocycles. The number of nitrogens with two attached hydrogens (primary N) is 1. The van der Waals surface area contributed by atoms with Gasteiger partial charge in [-0.25, -0.2) is 0 Å². The van der Waals surface area contributed by atoms with Crippen LogP contribution in [0.5, 0.6) is 0 Å². The van der Waals surface area contributed by atoms with Crippen molar-refractivity contribution in [1.82, 2.24) is 4.90 Å². The number of benzene rings is 1. The monoisotopic (exact) mass is 291 g/mol. The molecule has 2 N–H and O–H groups in total. The number of hydrogen-bond donors (Lipinski definition) is 1. The van der Waals surface area contributed by atoms with E-state index in [1.807, 2.05) is 28.8 Å². The molecule has 2 aliphatic heterocycles. The summed E-state index contributed by atoms with van der Waals surface area (Å²) in [7, 11) is 0. The van der Waals surface area contributed by atoms with E-state index in [4.69, 9.17) is 5.73 Å². The molecule has 3 rings (SSSR count). The Labute approximate surface area is 124 Å². The number of nitrogen functional groups attached to an aromatic ring is 1. The lowest BCUT2D eigenvalue weighted by Gasteiger charge is -2.37. The molecule has 1 aromatic rings. The summed E-state index contributed by atoms with van der Waals surface area (Å²) in [6.45, 7) is 3.49. The number of rotatable bonds is 2. The molecule has 1 aromatic carbocycles. The molecule has 1 unspecified atom stereocenters. The van der Waals surface area contributed by atoms with Crippen LogP contribution in [0.3, 0.4) is 0 Å². The summed E-state index contributed by atoms with van der Waals surface area (Å²) in [5, 5.41) is 0.220. The third kappa shape index (κ3) is 2.87. The van der Waals surface area contributed by atoms with Gasteiger partial charge < -0.3 is 15.5 Å². The van der Waals surface area contributed by atoms with Gasteiger partial charge in [-0.2, -0.15) is 0 Å². The molecule has 0 bridgehead atoms. The Morgan fingerprint density at radius 2 is 1.85 bits per heavy atom. The van der Waals surface area contributed by atoms with Gasteiger partial charge in [0.15, 0.2) is 0 Å². The fraction of sp³-hybridized carbons (Fsp3) is 0.533. The third-order valence-corrected chi connectivity index (χ3v) is 5.42. The minimum Gasteiger partial charge on any atom is -0.399 e. The summed E-state index contributed by atoms with van der Waals surface area (Å²) in [6.07, 6.45) is 2.24. The average molecular weight is 291 g/mol. The zero-order valence-corrected chi connectivity index (χ0v) is 12.4. The molecule has 1 amide bonds. The smallest absolute Gasteiger partial charge is 0.235 e. The number of hydrogen-bond acceptors (Lipinski definition) is 4. The van der Waals surface area contributed by atoms with Gasteiger partial charge in [0.25, 0.3) is 0 Å². The van der Waals surface area contributed by atoms with Gasteiger partial charge in [0, 0.05) is 37.6 Å². The lowest BCUT2D eigenvalue weighted by atomic mass is 10.2. The number of amides is 1. The Morgan fingerprint density at radius 1 is 1.15 bits per heavy atom. The summed E-state index contributed by atoms with van der Waals surface area (Å²) in [4.78, 5) is 16.7.